The van der Waals surface area contributed by atoms with E-state index in [0.29, 0.717) is 17.9 Å². The number of hydrogen-bond acceptors (Lipinski definition) is 6. The van der Waals surface area contributed by atoms with E-state index in [1.165, 1.54) is 0 Å². The Bertz CT molecular complexity index is 736. The molecule has 0 aliphatic heterocycles. The molecule has 138 valence electrons. The van der Waals surface area contributed by atoms with Crippen LogP contribution in [-0.4, -0.2) is 33.7 Å². The SMILES string of the molecule is C[Si](C)(C)Oc1c(C(Br)CCNS(=O)[O-])oc(-c2ccccn2)c1O. The van der Waals surface area contributed by atoms with Crippen LogP contribution in [0.25, 0.3) is 11.5 Å². The summed E-state index contributed by atoms with van der Waals surface area (Å²) in [6.07, 6.45) is 2.03. The van der Waals surface area contributed by atoms with Crippen LogP contribution in [0.1, 0.15) is 17.0 Å². The number of nitrogens with one attached hydrogen (secondary N) is 1. The maximum atomic E-state index is 10.6. The minimum absolute atomic E-state index is 0.0964. The van der Waals surface area contributed by atoms with E-state index in [1.54, 1.807) is 24.4 Å². The quantitative estimate of drug-likeness (QED) is 0.364. The van der Waals surface area contributed by atoms with E-state index in [2.05, 4.69) is 25.6 Å². The number of halogens is 1. The fourth-order valence-corrected chi connectivity index (χ4v) is 3.73. The largest absolute Gasteiger partial charge is 0.760 e. The number of furan rings is 1. The molecule has 10 heteroatoms. The van der Waals surface area contributed by atoms with Crippen LogP contribution < -0.4 is 9.15 Å². The normalized spacial score (nSPS) is 14.3. The molecule has 2 atom stereocenters. The van der Waals surface area contributed by atoms with Crippen molar-refractivity contribution in [3.63, 3.8) is 0 Å². The van der Waals surface area contributed by atoms with Gasteiger partial charge in [0.1, 0.15) is 5.69 Å². The number of aromatic hydroxyl groups is 1. The van der Waals surface area contributed by atoms with Crippen molar-refractivity contribution >= 4 is 35.5 Å². The Morgan fingerprint density at radius 1 is 1.48 bits per heavy atom. The summed E-state index contributed by atoms with van der Waals surface area (Å²) in [5, 5.41) is 10.6. The standard InChI is InChI=1S/C15H21BrN2O5SSi/c1-25(2,3)23-15-12(19)14(11-6-4-5-8-17-11)22-13(15)10(16)7-9-18-24(20)21/h4-6,8,10,18-19H,7,9H2,1-3H3,(H,20,21)/p-1. The van der Waals surface area contributed by atoms with Crippen molar-refractivity contribution in [1.82, 2.24) is 9.71 Å². The highest BCUT2D eigenvalue weighted by Crippen LogP contribution is 2.48. The summed E-state index contributed by atoms with van der Waals surface area (Å²) in [6.45, 7) is 6.21. The van der Waals surface area contributed by atoms with Gasteiger partial charge in [0, 0.05) is 24.0 Å². The Morgan fingerprint density at radius 3 is 2.76 bits per heavy atom. The molecule has 0 saturated heterocycles. The number of hydrogen-bond donors (Lipinski definition) is 2. The fourth-order valence-electron chi connectivity index (χ4n) is 2.11. The number of rotatable bonds is 8. The van der Waals surface area contributed by atoms with E-state index >= 15 is 0 Å². The van der Waals surface area contributed by atoms with E-state index in [0.717, 1.165) is 0 Å². The minimum Gasteiger partial charge on any atom is -0.760 e. The van der Waals surface area contributed by atoms with Crippen molar-refractivity contribution in [1.29, 1.82) is 0 Å². The Balaban J connectivity index is 2.37. The third-order valence-electron chi connectivity index (χ3n) is 3.07. The summed E-state index contributed by atoms with van der Waals surface area (Å²) >= 11 is 1.16. The predicted molar refractivity (Wildman–Crippen MR) is 101 cm³/mol. The van der Waals surface area contributed by atoms with Gasteiger partial charge in [-0.3, -0.25) is 9.19 Å². The van der Waals surface area contributed by atoms with Crippen LogP contribution in [0.5, 0.6) is 11.5 Å². The monoisotopic (exact) mass is 447 g/mol. The van der Waals surface area contributed by atoms with E-state index in [9.17, 15) is 13.9 Å². The van der Waals surface area contributed by atoms with Gasteiger partial charge in [-0.15, -0.1) is 0 Å². The molecule has 2 N–H and O–H groups in total. The van der Waals surface area contributed by atoms with Crippen molar-refractivity contribution < 1.29 is 22.7 Å². The lowest BCUT2D eigenvalue weighted by molar-refractivity contribution is 0.438. The summed E-state index contributed by atoms with van der Waals surface area (Å²) in [7, 11) is -2.02. The lowest BCUT2D eigenvalue weighted by atomic mass is 10.2. The van der Waals surface area contributed by atoms with Gasteiger partial charge in [0.15, 0.2) is 17.3 Å². The number of alkyl halides is 1. The zero-order chi connectivity index (χ0) is 18.6. The summed E-state index contributed by atoms with van der Waals surface area (Å²) in [6, 6.07) is 5.29. The van der Waals surface area contributed by atoms with Crippen molar-refractivity contribution in [2.45, 2.75) is 30.9 Å². The maximum Gasteiger partial charge on any atom is 0.242 e. The van der Waals surface area contributed by atoms with Crippen molar-refractivity contribution in [3.05, 3.63) is 30.2 Å². The highest BCUT2D eigenvalue weighted by molar-refractivity contribution is 9.09. The average molecular weight is 448 g/mol. The number of pyridine rings is 1. The van der Waals surface area contributed by atoms with Crippen LogP contribution in [-0.2, 0) is 11.3 Å². The van der Waals surface area contributed by atoms with Gasteiger partial charge in [0.25, 0.3) is 0 Å². The zero-order valence-corrected chi connectivity index (χ0v) is 17.5. The minimum atomic E-state index is -2.32. The van der Waals surface area contributed by atoms with Gasteiger partial charge < -0.3 is 18.5 Å². The van der Waals surface area contributed by atoms with Crippen molar-refractivity contribution in [3.8, 4) is 23.0 Å². The van der Waals surface area contributed by atoms with Gasteiger partial charge in [-0.1, -0.05) is 22.0 Å². The van der Waals surface area contributed by atoms with Gasteiger partial charge in [-0.2, -0.15) is 0 Å². The molecule has 2 rings (SSSR count). The molecule has 0 aliphatic carbocycles. The molecule has 0 fully saturated rings. The van der Waals surface area contributed by atoms with E-state index < -0.39 is 19.6 Å². The van der Waals surface area contributed by atoms with Gasteiger partial charge in [-0.25, -0.2) is 4.72 Å². The third-order valence-corrected chi connectivity index (χ3v) is 5.20. The first kappa shape index (κ1) is 20.1. The Kier molecular flexibility index (Phi) is 6.80. The molecule has 7 nitrogen and oxygen atoms in total. The van der Waals surface area contributed by atoms with Gasteiger partial charge in [0.05, 0.1) is 4.83 Å². The van der Waals surface area contributed by atoms with Crippen LogP contribution >= 0.6 is 15.9 Å². The number of aromatic nitrogens is 1. The van der Waals surface area contributed by atoms with Crippen LogP contribution in [0.4, 0.5) is 0 Å². The highest BCUT2D eigenvalue weighted by atomic mass is 79.9. The van der Waals surface area contributed by atoms with E-state index in [1.807, 2.05) is 19.6 Å². The molecule has 0 radical (unpaired) electrons. The lowest BCUT2D eigenvalue weighted by Gasteiger charge is -2.20. The van der Waals surface area contributed by atoms with Crippen LogP contribution in [0.15, 0.2) is 28.8 Å². The first-order valence-corrected chi connectivity index (χ1v) is 13.0. The molecule has 0 amide bonds. The van der Waals surface area contributed by atoms with Crippen molar-refractivity contribution in [2.75, 3.05) is 6.54 Å². The summed E-state index contributed by atoms with van der Waals surface area (Å²) in [5.74, 6) is 0.832. The summed E-state index contributed by atoms with van der Waals surface area (Å²) in [4.78, 5) is 3.86. The van der Waals surface area contributed by atoms with Crippen LogP contribution in [0, 0.1) is 0 Å². The van der Waals surface area contributed by atoms with E-state index in [-0.39, 0.29) is 28.6 Å². The summed E-state index contributed by atoms with van der Waals surface area (Å²) < 4.78 is 35.4. The molecule has 0 saturated carbocycles. The number of nitrogens with zero attached hydrogens (tertiary/aromatic N) is 1. The molecule has 2 aromatic rings. The second-order valence-electron chi connectivity index (χ2n) is 6.29. The molecule has 2 unspecified atom stereocenters. The zero-order valence-electron chi connectivity index (χ0n) is 14.1. The van der Waals surface area contributed by atoms with Gasteiger partial charge in [-0.05, 0) is 38.2 Å². The van der Waals surface area contributed by atoms with Crippen LogP contribution in [0.2, 0.25) is 19.6 Å². The molecule has 0 aromatic carbocycles. The van der Waals surface area contributed by atoms with Gasteiger partial charge >= 0.3 is 0 Å². The molecule has 0 bridgehead atoms. The maximum absolute atomic E-state index is 10.6. The Hall–Kier alpha value is -1.20. The second kappa shape index (κ2) is 8.45. The van der Waals surface area contributed by atoms with Crippen LogP contribution in [0.3, 0.4) is 0 Å². The third kappa shape index (κ3) is 5.64. The van der Waals surface area contributed by atoms with Gasteiger partial charge in [0.2, 0.25) is 14.1 Å². The first-order chi connectivity index (χ1) is 11.7. The Morgan fingerprint density at radius 2 is 2.20 bits per heavy atom. The molecule has 2 heterocycles. The molecule has 0 spiro atoms. The van der Waals surface area contributed by atoms with E-state index in [4.69, 9.17) is 8.84 Å². The molecule has 25 heavy (non-hydrogen) atoms. The topological polar surface area (TPSA) is 108 Å². The first-order valence-electron chi connectivity index (χ1n) is 7.62. The molecular formula is C15H20BrN2O5SSi-. The lowest BCUT2D eigenvalue weighted by Crippen LogP contribution is -2.29. The van der Waals surface area contributed by atoms with Crippen molar-refractivity contribution in [2.24, 2.45) is 0 Å². The summed E-state index contributed by atoms with van der Waals surface area (Å²) in [5.41, 5.74) is 0.491. The molecular weight excluding hydrogens is 428 g/mol. The predicted octanol–water partition coefficient (Wildman–Crippen LogP) is 3.47. The average Bonchev–Trinajstić information content (AvgIpc) is 2.83. The Labute approximate surface area is 158 Å². The highest BCUT2D eigenvalue weighted by Gasteiger charge is 2.30. The smallest absolute Gasteiger partial charge is 0.242 e. The second-order valence-corrected chi connectivity index (χ2v) is 12.6. The fraction of sp³-hybridized carbons (Fsp3) is 0.400. The molecule has 0 aliphatic rings. The molecule has 2 aromatic heterocycles.